The number of phenolic OH excluding ortho intramolecular Hbond substituents is 1. The van der Waals surface area contributed by atoms with Crippen LogP contribution < -0.4 is 0 Å². The van der Waals surface area contributed by atoms with Gasteiger partial charge < -0.3 is 5.11 Å². The van der Waals surface area contributed by atoms with Crippen LogP contribution in [-0.2, 0) is 11.3 Å². The van der Waals surface area contributed by atoms with Gasteiger partial charge >= 0.3 is 5.69 Å². The lowest BCUT2D eigenvalue weighted by atomic mass is 10.1. The summed E-state index contributed by atoms with van der Waals surface area (Å²) in [6, 6.07) is 1.45. The molecule has 0 aliphatic heterocycles. The summed E-state index contributed by atoms with van der Waals surface area (Å²) >= 11 is 0. The second-order valence-electron chi connectivity index (χ2n) is 2.60. The van der Waals surface area contributed by atoms with Crippen LogP contribution in [0, 0.1) is 15.9 Å². The van der Waals surface area contributed by atoms with Crippen molar-refractivity contribution in [3.05, 3.63) is 33.6 Å². The molecular formula is C8H5FN2O4. The lowest BCUT2D eigenvalue weighted by molar-refractivity contribution is -0.386. The average molecular weight is 212 g/mol. The number of aliphatic imine (C=N–C) groups is 1. The van der Waals surface area contributed by atoms with Gasteiger partial charge in [0, 0.05) is 5.56 Å². The van der Waals surface area contributed by atoms with Crippen LogP contribution in [0.5, 0.6) is 5.75 Å². The van der Waals surface area contributed by atoms with Gasteiger partial charge in [-0.2, -0.15) is 0 Å². The van der Waals surface area contributed by atoms with E-state index >= 15 is 0 Å². The highest BCUT2D eigenvalue weighted by Crippen LogP contribution is 2.31. The maximum atomic E-state index is 12.8. The SMILES string of the molecule is O=C=NCc1cc(F)cc([N+](=O)[O-])c1O. The van der Waals surface area contributed by atoms with Gasteiger partial charge in [0.05, 0.1) is 17.5 Å². The molecule has 0 heterocycles. The fourth-order valence-electron chi connectivity index (χ4n) is 1.02. The normalized spacial score (nSPS) is 9.40. The van der Waals surface area contributed by atoms with Gasteiger partial charge in [0.25, 0.3) is 0 Å². The van der Waals surface area contributed by atoms with Gasteiger partial charge in [-0.1, -0.05) is 0 Å². The lowest BCUT2D eigenvalue weighted by Crippen LogP contribution is -1.94. The van der Waals surface area contributed by atoms with Crippen molar-refractivity contribution < 1.29 is 19.2 Å². The number of nitrogens with zero attached hydrogens (tertiary/aromatic N) is 2. The Hall–Kier alpha value is -2.27. The van der Waals surface area contributed by atoms with Gasteiger partial charge in [-0.05, 0) is 6.07 Å². The molecule has 78 valence electrons. The van der Waals surface area contributed by atoms with Crippen LogP contribution in [0.25, 0.3) is 0 Å². The fourth-order valence-corrected chi connectivity index (χ4v) is 1.02. The Morgan fingerprint density at radius 3 is 2.80 bits per heavy atom. The minimum Gasteiger partial charge on any atom is -0.502 e. The van der Waals surface area contributed by atoms with E-state index in [1.54, 1.807) is 0 Å². The first kappa shape index (κ1) is 10.8. The number of hydrogen-bond acceptors (Lipinski definition) is 5. The van der Waals surface area contributed by atoms with E-state index in [0.717, 1.165) is 6.07 Å². The van der Waals surface area contributed by atoms with Crippen LogP contribution in [0.3, 0.4) is 0 Å². The molecular weight excluding hydrogens is 207 g/mol. The number of nitro groups is 1. The summed E-state index contributed by atoms with van der Waals surface area (Å²) < 4.78 is 12.8. The quantitative estimate of drug-likeness (QED) is 0.353. The van der Waals surface area contributed by atoms with Crippen molar-refractivity contribution in [2.45, 2.75) is 6.54 Å². The summed E-state index contributed by atoms with van der Waals surface area (Å²) in [5.41, 5.74) is -0.892. The predicted molar refractivity (Wildman–Crippen MR) is 46.5 cm³/mol. The van der Waals surface area contributed by atoms with E-state index < -0.39 is 22.2 Å². The second kappa shape index (κ2) is 4.30. The topological polar surface area (TPSA) is 92.8 Å². The highest BCUT2D eigenvalue weighted by Gasteiger charge is 2.18. The minimum atomic E-state index is -0.924. The summed E-state index contributed by atoms with van der Waals surface area (Å²) in [4.78, 5) is 22.3. The first-order chi connectivity index (χ1) is 7.06. The van der Waals surface area contributed by atoms with Gasteiger partial charge in [-0.3, -0.25) is 10.1 Å². The van der Waals surface area contributed by atoms with Crippen molar-refractivity contribution in [2.24, 2.45) is 4.99 Å². The van der Waals surface area contributed by atoms with Gasteiger partial charge in [-0.15, -0.1) is 0 Å². The number of nitro benzene ring substituents is 1. The van der Waals surface area contributed by atoms with Crippen molar-refractivity contribution >= 4 is 11.8 Å². The van der Waals surface area contributed by atoms with Crippen molar-refractivity contribution in [1.82, 2.24) is 0 Å². The molecule has 0 aliphatic rings. The summed E-state index contributed by atoms with van der Waals surface area (Å²) in [6.07, 6.45) is 1.18. The zero-order valence-corrected chi connectivity index (χ0v) is 7.31. The fraction of sp³-hybridized carbons (Fsp3) is 0.125. The van der Waals surface area contributed by atoms with Crippen molar-refractivity contribution in [3.8, 4) is 5.75 Å². The van der Waals surface area contributed by atoms with Crippen LogP contribution in [0.4, 0.5) is 10.1 Å². The highest BCUT2D eigenvalue weighted by molar-refractivity contribution is 5.51. The Bertz CT molecular complexity index is 454. The molecule has 1 aromatic carbocycles. The molecule has 7 heteroatoms. The van der Waals surface area contributed by atoms with Crippen LogP contribution in [0.1, 0.15) is 5.56 Å². The number of halogens is 1. The lowest BCUT2D eigenvalue weighted by Gasteiger charge is -2.01. The van der Waals surface area contributed by atoms with Crippen LogP contribution >= 0.6 is 0 Å². The summed E-state index contributed by atoms with van der Waals surface area (Å²) in [5, 5.41) is 19.7. The molecule has 0 unspecified atom stereocenters. The molecule has 1 N–H and O–H groups in total. The van der Waals surface area contributed by atoms with Crippen molar-refractivity contribution in [2.75, 3.05) is 0 Å². The largest absolute Gasteiger partial charge is 0.502 e. The van der Waals surface area contributed by atoms with Crippen LogP contribution in [0.15, 0.2) is 17.1 Å². The zero-order chi connectivity index (χ0) is 11.4. The number of carbonyl (C=O) groups excluding carboxylic acids is 1. The van der Waals surface area contributed by atoms with Gasteiger partial charge in [0.15, 0.2) is 5.75 Å². The third-order valence-electron chi connectivity index (χ3n) is 1.64. The first-order valence-corrected chi connectivity index (χ1v) is 3.75. The molecule has 0 spiro atoms. The number of isocyanates is 1. The summed E-state index contributed by atoms with van der Waals surface area (Å²) in [5.74, 6) is -1.57. The molecule has 6 nitrogen and oxygen atoms in total. The molecule has 0 saturated heterocycles. The second-order valence-corrected chi connectivity index (χ2v) is 2.60. The molecule has 0 fully saturated rings. The molecule has 1 rings (SSSR count). The van der Waals surface area contributed by atoms with Gasteiger partial charge in [0.2, 0.25) is 6.08 Å². The number of phenols is 1. The molecule has 0 bridgehead atoms. The Labute approximate surface area is 82.8 Å². The van der Waals surface area contributed by atoms with Crippen molar-refractivity contribution in [1.29, 1.82) is 0 Å². The van der Waals surface area contributed by atoms with E-state index in [2.05, 4.69) is 4.99 Å². The number of aromatic hydroxyl groups is 1. The van der Waals surface area contributed by atoms with E-state index in [4.69, 9.17) is 0 Å². The molecule has 15 heavy (non-hydrogen) atoms. The minimum absolute atomic E-state index is 0.134. The molecule has 0 aromatic heterocycles. The Morgan fingerprint density at radius 1 is 1.60 bits per heavy atom. The van der Waals surface area contributed by atoms with E-state index in [1.807, 2.05) is 0 Å². The van der Waals surface area contributed by atoms with Gasteiger partial charge in [-0.25, -0.2) is 14.2 Å². The molecule has 0 saturated carbocycles. The number of hydrogen-bond donors (Lipinski definition) is 1. The first-order valence-electron chi connectivity index (χ1n) is 3.75. The maximum absolute atomic E-state index is 12.8. The zero-order valence-electron chi connectivity index (χ0n) is 7.31. The molecule has 1 aromatic rings. The smallest absolute Gasteiger partial charge is 0.313 e. The van der Waals surface area contributed by atoms with E-state index in [-0.39, 0.29) is 12.1 Å². The van der Waals surface area contributed by atoms with E-state index in [9.17, 15) is 24.4 Å². The molecule has 0 radical (unpaired) electrons. The molecule has 0 atom stereocenters. The molecule has 0 aliphatic carbocycles. The highest BCUT2D eigenvalue weighted by atomic mass is 19.1. The Kier molecular flexibility index (Phi) is 3.10. The van der Waals surface area contributed by atoms with E-state index in [1.165, 1.54) is 6.08 Å². The standard InChI is InChI=1S/C8H5FN2O4/c9-6-1-5(3-10-4-12)8(13)7(2-6)11(14)15/h1-2,13H,3H2. The van der Waals surface area contributed by atoms with Crippen LogP contribution in [0.2, 0.25) is 0 Å². The van der Waals surface area contributed by atoms with Gasteiger partial charge in [0.1, 0.15) is 5.82 Å². The Balaban J connectivity index is 3.27. The summed E-state index contributed by atoms with van der Waals surface area (Å²) in [7, 11) is 0. The summed E-state index contributed by atoms with van der Waals surface area (Å²) in [6.45, 7) is -0.353. The molecule has 0 amide bonds. The predicted octanol–water partition coefficient (Wildman–Crippen LogP) is 1.28. The average Bonchev–Trinajstić information content (AvgIpc) is 2.18. The third kappa shape index (κ3) is 2.35. The third-order valence-corrected chi connectivity index (χ3v) is 1.64. The Morgan fingerprint density at radius 2 is 2.27 bits per heavy atom. The monoisotopic (exact) mass is 212 g/mol. The van der Waals surface area contributed by atoms with Crippen LogP contribution in [-0.4, -0.2) is 16.1 Å². The number of rotatable bonds is 3. The van der Waals surface area contributed by atoms with E-state index in [0.29, 0.717) is 6.07 Å². The van der Waals surface area contributed by atoms with Crippen molar-refractivity contribution in [3.63, 3.8) is 0 Å². The number of benzene rings is 1. The maximum Gasteiger partial charge on any atom is 0.313 e.